The molecule has 1 saturated carbocycles. The van der Waals surface area contributed by atoms with Crippen LogP contribution in [0, 0.1) is 0 Å². The van der Waals surface area contributed by atoms with Crippen LogP contribution in [0.3, 0.4) is 0 Å². The molecule has 0 radical (unpaired) electrons. The summed E-state index contributed by atoms with van der Waals surface area (Å²) < 4.78 is 11.2. The summed E-state index contributed by atoms with van der Waals surface area (Å²) in [6, 6.07) is 8.74. The molecule has 0 unspecified atom stereocenters. The van der Waals surface area contributed by atoms with Gasteiger partial charge in [-0.05, 0) is 48.9 Å². The Kier molecular flexibility index (Phi) is 4.78. The Morgan fingerprint density at radius 2 is 1.92 bits per heavy atom. The molecule has 1 fully saturated rings. The number of ether oxygens (including phenoxy) is 1. The first-order chi connectivity index (χ1) is 12.2. The lowest BCUT2D eigenvalue weighted by Crippen LogP contribution is -1.95. The van der Waals surface area contributed by atoms with Crippen LogP contribution in [0.5, 0.6) is 5.75 Å². The van der Waals surface area contributed by atoms with E-state index in [-0.39, 0.29) is 6.61 Å². The first-order valence-electron chi connectivity index (χ1n) is 7.59. The van der Waals surface area contributed by atoms with Crippen LogP contribution in [-0.4, -0.2) is 20.2 Å². The van der Waals surface area contributed by atoms with E-state index in [1.165, 1.54) is 11.8 Å². The minimum absolute atomic E-state index is 0.174. The van der Waals surface area contributed by atoms with Crippen LogP contribution in [0.1, 0.15) is 30.5 Å². The van der Waals surface area contributed by atoms with Crippen molar-refractivity contribution < 1.29 is 9.15 Å². The molecule has 4 rings (SSSR count). The van der Waals surface area contributed by atoms with Crippen molar-refractivity contribution in [3.05, 3.63) is 52.2 Å². The van der Waals surface area contributed by atoms with Crippen molar-refractivity contribution in [2.24, 2.45) is 0 Å². The molecule has 0 N–H and O–H groups in total. The van der Waals surface area contributed by atoms with Crippen LogP contribution in [0.15, 0.2) is 45.0 Å². The Hall–Kier alpha value is -1.83. The summed E-state index contributed by atoms with van der Waals surface area (Å²) in [7, 11) is 0. The highest BCUT2D eigenvalue weighted by atomic mass is 35.5. The number of rotatable bonds is 6. The van der Waals surface area contributed by atoms with Crippen molar-refractivity contribution >= 4 is 35.0 Å². The summed E-state index contributed by atoms with van der Waals surface area (Å²) in [6.45, 7) is 0.174. The van der Waals surface area contributed by atoms with E-state index in [9.17, 15) is 0 Å². The molecule has 3 aromatic rings. The first kappa shape index (κ1) is 16.6. The van der Waals surface area contributed by atoms with E-state index in [1.54, 1.807) is 30.3 Å². The van der Waals surface area contributed by atoms with Gasteiger partial charge in [-0.3, -0.25) is 0 Å². The maximum Gasteiger partial charge on any atom is 0.283 e. The van der Waals surface area contributed by atoms with Crippen molar-refractivity contribution in [1.29, 1.82) is 0 Å². The van der Waals surface area contributed by atoms with Crippen molar-refractivity contribution in [3.8, 4) is 5.75 Å². The predicted octanol–water partition coefficient (Wildman–Crippen LogP) is 4.77. The fraction of sp³-hybridized carbons (Fsp3) is 0.250. The fourth-order valence-electron chi connectivity index (χ4n) is 2.09. The molecule has 1 aliphatic rings. The van der Waals surface area contributed by atoms with E-state index in [0.29, 0.717) is 38.0 Å². The van der Waals surface area contributed by atoms with Gasteiger partial charge in [-0.2, -0.15) is 0 Å². The molecule has 0 atom stereocenters. The van der Waals surface area contributed by atoms with Gasteiger partial charge in [-0.15, -0.1) is 10.2 Å². The quantitative estimate of drug-likeness (QED) is 0.557. The van der Waals surface area contributed by atoms with Gasteiger partial charge in [-0.25, -0.2) is 9.97 Å². The Morgan fingerprint density at radius 3 is 2.68 bits per heavy atom. The van der Waals surface area contributed by atoms with E-state index in [0.717, 1.165) is 18.7 Å². The molecular formula is C16H12Cl2N4O2S. The van der Waals surface area contributed by atoms with Crippen LogP contribution in [-0.2, 0) is 6.61 Å². The third kappa shape index (κ3) is 4.42. The maximum atomic E-state index is 6.06. The number of hydrogen-bond acceptors (Lipinski definition) is 7. The SMILES string of the molecule is Clc1ccc(OCc2nnc(Sc3cc(Cl)nc(C4CC4)n3)o2)cc1. The maximum absolute atomic E-state index is 6.06. The van der Waals surface area contributed by atoms with Crippen LogP contribution in [0.2, 0.25) is 10.2 Å². The van der Waals surface area contributed by atoms with Gasteiger partial charge in [0.05, 0.1) is 0 Å². The summed E-state index contributed by atoms with van der Waals surface area (Å²) in [5, 5.41) is 10.1. The average Bonchev–Trinajstić information content (AvgIpc) is 3.35. The van der Waals surface area contributed by atoms with Gasteiger partial charge in [0, 0.05) is 17.0 Å². The van der Waals surface area contributed by atoms with Gasteiger partial charge in [-0.1, -0.05) is 23.2 Å². The molecule has 1 aliphatic carbocycles. The van der Waals surface area contributed by atoms with Gasteiger partial charge in [0.15, 0.2) is 6.61 Å². The summed E-state index contributed by atoms with van der Waals surface area (Å²) in [5.74, 6) is 2.25. The van der Waals surface area contributed by atoms with Gasteiger partial charge < -0.3 is 9.15 Å². The van der Waals surface area contributed by atoms with E-state index in [1.807, 2.05) is 0 Å². The average molecular weight is 395 g/mol. The van der Waals surface area contributed by atoms with Crippen molar-refractivity contribution in [2.75, 3.05) is 0 Å². The number of benzene rings is 1. The van der Waals surface area contributed by atoms with Crippen LogP contribution in [0.4, 0.5) is 0 Å². The molecule has 9 heteroatoms. The normalized spacial score (nSPS) is 13.8. The molecule has 0 bridgehead atoms. The summed E-state index contributed by atoms with van der Waals surface area (Å²) in [6.07, 6.45) is 2.22. The second kappa shape index (κ2) is 7.19. The van der Waals surface area contributed by atoms with Crippen molar-refractivity contribution in [2.45, 2.75) is 35.6 Å². The van der Waals surface area contributed by atoms with Crippen LogP contribution < -0.4 is 4.74 Å². The summed E-state index contributed by atoms with van der Waals surface area (Å²) >= 11 is 13.2. The molecule has 2 heterocycles. The molecule has 2 aromatic heterocycles. The Balaban J connectivity index is 1.40. The van der Waals surface area contributed by atoms with E-state index < -0.39 is 0 Å². The highest BCUT2D eigenvalue weighted by Crippen LogP contribution is 2.39. The summed E-state index contributed by atoms with van der Waals surface area (Å²) in [4.78, 5) is 8.75. The largest absolute Gasteiger partial charge is 0.484 e. The number of halogens is 2. The lowest BCUT2D eigenvalue weighted by atomic mass is 10.3. The standard InChI is InChI=1S/C16H12Cl2N4O2S/c17-10-3-5-11(6-4-10)23-8-13-21-22-16(24-13)25-14-7-12(18)19-15(20-14)9-1-2-9/h3-7,9H,1-2,8H2. The molecule has 0 saturated heterocycles. The van der Waals surface area contributed by atoms with Crippen LogP contribution in [0.25, 0.3) is 0 Å². The van der Waals surface area contributed by atoms with Crippen LogP contribution >= 0.6 is 35.0 Å². The molecule has 0 aliphatic heterocycles. The number of aromatic nitrogens is 4. The van der Waals surface area contributed by atoms with Gasteiger partial charge >= 0.3 is 0 Å². The zero-order valence-corrected chi connectivity index (χ0v) is 15.2. The molecule has 6 nitrogen and oxygen atoms in total. The van der Waals surface area contributed by atoms with Gasteiger partial charge in [0.1, 0.15) is 21.8 Å². The lowest BCUT2D eigenvalue weighted by molar-refractivity contribution is 0.252. The Bertz CT molecular complexity index is 884. The monoisotopic (exact) mass is 394 g/mol. The third-order valence-corrected chi connectivity index (χ3v) is 4.65. The third-order valence-electron chi connectivity index (χ3n) is 3.45. The predicted molar refractivity (Wildman–Crippen MR) is 93.2 cm³/mol. The Labute approximate surface area is 157 Å². The second-order valence-corrected chi connectivity index (χ2v) is 7.26. The smallest absolute Gasteiger partial charge is 0.283 e. The molecule has 128 valence electrons. The van der Waals surface area contributed by atoms with Gasteiger partial charge in [0.25, 0.3) is 11.1 Å². The molecular weight excluding hydrogens is 383 g/mol. The molecule has 0 spiro atoms. The highest BCUT2D eigenvalue weighted by Gasteiger charge is 2.27. The minimum atomic E-state index is 0.174. The minimum Gasteiger partial charge on any atom is -0.484 e. The topological polar surface area (TPSA) is 73.9 Å². The van der Waals surface area contributed by atoms with Crippen molar-refractivity contribution in [1.82, 2.24) is 20.2 Å². The van der Waals surface area contributed by atoms with Gasteiger partial charge in [0.2, 0.25) is 0 Å². The zero-order chi connectivity index (χ0) is 17.2. The zero-order valence-electron chi connectivity index (χ0n) is 12.9. The summed E-state index contributed by atoms with van der Waals surface area (Å²) in [5.41, 5.74) is 0. The Morgan fingerprint density at radius 1 is 1.12 bits per heavy atom. The number of hydrogen-bond donors (Lipinski definition) is 0. The van der Waals surface area contributed by atoms with E-state index in [2.05, 4.69) is 20.2 Å². The number of nitrogens with zero attached hydrogens (tertiary/aromatic N) is 4. The first-order valence-corrected chi connectivity index (χ1v) is 9.16. The lowest BCUT2D eigenvalue weighted by Gasteiger charge is -2.02. The fourth-order valence-corrected chi connectivity index (χ4v) is 3.18. The molecule has 0 amide bonds. The molecule has 1 aromatic carbocycles. The highest BCUT2D eigenvalue weighted by molar-refractivity contribution is 7.99. The molecule has 25 heavy (non-hydrogen) atoms. The van der Waals surface area contributed by atoms with E-state index in [4.69, 9.17) is 32.4 Å². The van der Waals surface area contributed by atoms with Crippen molar-refractivity contribution in [3.63, 3.8) is 0 Å². The second-order valence-electron chi connectivity index (χ2n) is 5.47. The van der Waals surface area contributed by atoms with E-state index >= 15 is 0 Å².